The van der Waals surface area contributed by atoms with E-state index in [1.54, 1.807) is 16.4 Å². The molecule has 0 saturated heterocycles. The predicted octanol–water partition coefficient (Wildman–Crippen LogP) is 1.90. The van der Waals surface area contributed by atoms with E-state index in [2.05, 4.69) is 24.3 Å². The minimum absolute atomic E-state index is 0.791. The topological polar surface area (TPSA) is 29.3 Å². The van der Waals surface area contributed by atoms with E-state index in [9.17, 15) is 0 Å². The molecule has 2 N–H and O–H groups in total. The van der Waals surface area contributed by atoms with Gasteiger partial charge < -0.3 is 0 Å². The lowest BCUT2D eigenvalue weighted by molar-refractivity contribution is 0.556. The second-order valence-electron chi connectivity index (χ2n) is 2.63. The summed E-state index contributed by atoms with van der Waals surface area (Å²) in [4.78, 5) is 1.22. The van der Waals surface area contributed by atoms with Gasteiger partial charge in [-0.05, 0) is 23.6 Å². The van der Waals surface area contributed by atoms with E-state index >= 15 is 0 Å². The lowest BCUT2D eigenvalue weighted by Crippen LogP contribution is -2.22. The van der Waals surface area contributed by atoms with Crippen LogP contribution in [-0.2, 0) is 0 Å². The second kappa shape index (κ2) is 3.31. The summed E-state index contributed by atoms with van der Waals surface area (Å²) in [6, 6.07) is 8.24. The van der Waals surface area contributed by atoms with Crippen LogP contribution in [0.1, 0.15) is 5.56 Å². The molecule has 1 aromatic carbocycles. The first-order valence-corrected chi connectivity index (χ1v) is 4.59. The Balaban J connectivity index is 2.41. The molecule has 0 radical (unpaired) electrons. The minimum Gasteiger partial charge on any atom is -0.258 e. The van der Waals surface area contributed by atoms with Gasteiger partial charge in [0.05, 0.1) is 0 Å². The summed E-state index contributed by atoms with van der Waals surface area (Å²) >= 11 is 1.58. The molecule has 1 aliphatic rings. The Morgan fingerprint density at radius 1 is 1.33 bits per heavy atom. The van der Waals surface area contributed by atoms with Crippen LogP contribution in [0.4, 0.5) is 0 Å². The van der Waals surface area contributed by atoms with E-state index in [1.165, 1.54) is 10.5 Å². The van der Waals surface area contributed by atoms with E-state index in [0.717, 1.165) is 6.54 Å². The number of benzene rings is 1. The summed E-state index contributed by atoms with van der Waals surface area (Å²) in [6.45, 7) is 0.791. The van der Waals surface area contributed by atoms with Crippen LogP contribution in [0.5, 0.6) is 0 Å². The zero-order valence-corrected chi connectivity index (χ0v) is 7.42. The van der Waals surface area contributed by atoms with Gasteiger partial charge in [0.2, 0.25) is 0 Å². The molecule has 0 aliphatic carbocycles. The molecule has 0 fully saturated rings. The van der Waals surface area contributed by atoms with Gasteiger partial charge in [-0.1, -0.05) is 30.4 Å². The van der Waals surface area contributed by atoms with E-state index < -0.39 is 0 Å². The minimum atomic E-state index is 0.791. The van der Waals surface area contributed by atoms with Gasteiger partial charge >= 0.3 is 0 Å². The van der Waals surface area contributed by atoms with Crippen LogP contribution in [0.25, 0.3) is 6.08 Å². The first kappa shape index (κ1) is 7.86. The number of hydrogen-bond acceptors (Lipinski definition) is 3. The van der Waals surface area contributed by atoms with E-state index in [0.29, 0.717) is 0 Å². The predicted molar refractivity (Wildman–Crippen MR) is 52.2 cm³/mol. The number of hydrogen-bond donors (Lipinski definition) is 1. The molecule has 0 saturated carbocycles. The maximum absolute atomic E-state index is 5.69. The number of rotatable bonds is 0. The Labute approximate surface area is 76.2 Å². The summed E-state index contributed by atoms with van der Waals surface area (Å²) in [5.41, 5.74) is 1.25. The normalized spacial score (nSPS) is 17.1. The van der Waals surface area contributed by atoms with Gasteiger partial charge in [-0.2, -0.15) is 4.41 Å². The SMILES string of the molecule is NN1CC=Cc2ccccc2S1. The molecule has 0 atom stereocenters. The first-order valence-electron chi connectivity index (χ1n) is 3.82. The molecule has 3 heteroatoms. The maximum atomic E-state index is 5.69. The summed E-state index contributed by atoms with van der Waals surface area (Å²) in [6.07, 6.45) is 4.17. The lowest BCUT2D eigenvalue weighted by atomic mass is 10.2. The van der Waals surface area contributed by atoms with Gasteiger partial charge in [0.25, 0.3) is 0 Å². The molecule has 2 rings (SSSR count). The molecular weight excluding hydrogens is 168 g/mol. The van der Waals surface area contributed by atoms with Crippen LogP contribution in [0.15, 0.2) is 35.2 Å². The summed E-state index contributed by atoms with van der Waals surface area (Å²) in [5, 5.41) is 0. The molecule has 2 nitrogen and oxygen atoms in total. The Kier molecular flexibility index (Phi) is 2.17. The van der Waals surface area contributed by atoms with Crippen molar-refractivity contribution < 1.29 is 0 Å². The van der Waals surface area contributed by atoms with Gasteiger partial charge in [0, 0.05) is 11.4 Å². The fourth-order valence-electron chi connectivity index (χ4n) is 1.15. The average molecular weight is 178 g/mol. The summed E-state index contributed by atoms with van der Waals surface area (Å²) in [5.74, 6) is 5.69. The monoisotopic (exact) mass is 178 g/mol. The highest BCUT2D eigenvalue weighted by Crippen LogP contribution is 2.27. The van der Waals surface area contributed by atoms with Crippen molar-refractivity contribution in [3.05, 3.63) is 35.9 Å². The van der Waals surface area contributed by atoms with Crippen LogP contribution in [-0.4, -0.2) is 11.0 Å². The standard InChI is InChI=1S/C9H10N2S/c10-11-7-3-5-8-4-1-2-6-9(8)12-11/h1-6H,7,10H2. The third-order valence-corrected chi connectivity index (χ3v) is 2.67. The smallest absolute Gasteiger partial charge is 0.0430 e. The van der Waals surface area contributed by atoms with Crippen molar-refractivity contribution in [1.29, 1.82) is 0 Å². The molecule has 1 aromatic rings. The van der Waals surface area contributed by atoms with Gasteiger partial charge in [0.15, 0.2) is 0 Å². The molecule has 1 aliphatic heterocycles. The third-order valence-electron chi connectivity index (χ3n) is 1.72. The highest BCUT2D eigenvalue weighted by atomic mass is 32.2. The molecule has 62 valence electrons. The van der Waals surface area contributed by atoms with Crippen molar-refractivity contribution in [3.63, 3.8) is 0 Å². The van der Waals surface area contributed by atoms with Crippen LogP contribution >= 0.6 is 11.9 Å². The molecule has 0 aromatic heterocycles. The lowest BCUT2D eigenvalue weighted by Gasteiger charge is -2.10. The molecule has 12 heavy (non-hydrogen) atoms. The fraction of sp³-hybridized carbons (Fsp3) is 0.111. The number of nitrogens with two attached hydrogens (primary N) is 1. The van der Waals surface area contributed by atoms with Crippen LogP contribution in [0.2, 0.25) is 0 Å². The Bertz CT molecular complexity index is 309. The number of nitrogens with zero attached hydrogens (tertiary/aromatic N) is 1. The average Bonchev–Trinajstić information content (AvgIpc) is 2.25. The first-order chi connectivity index (χ1) is 5.86. The molecule has 0 amide bonds. The molecular formula is C9H10N2S. The fourth-order valence-corrected chi connectivity index (χ4v) is 1.94. The van der Waals surface area contributed by atoms with Gasteiger partial charge in [-0.25, -0.2) is 0 Å². The van der Waals surface area contributed by atoms with E-state index in [-0.39, 0.29) is 0 Å². The third kappa shape index (κ3) is 1.53. The van der Waals surface area contributed by atoms with Gasteiger partial charge in [-0.3, -0.25) is 5.84 Å². The Morgan fingerprint density at radius 3 is 3.08 bits per heavy atom. The second-order valence-corrected chi connectivity index (χ2v) is 3.72. The van der Waals surface area contributed by atoms with Crippen LogP contribution < -0.4 is 5.84 Å². The molecule has 0 bridgehead atoms. The molecule has 1 heterocycles. The number of fused-ring (bicyclic) bond motifs is 1. The Hall–Kier alpha value is -0.770. The quantitative estimate of drug-likeness (QED) is 0.486. The van der Waals surface area contributed by atoms with Crippen molar-refractivity contribution >= 4 is 18.0 Å². The highest BCUT2D eigenvalue weighted by Gasteiger charge is 2.06. The van der Waals surface area contributed by atoms with Crippen molar-refractivity contribution in [2.24, 2.45) is 5.84 Å². The maximum Gasteiger partial charge on any atom is 0.0430 e. The molecule has 0 spiro atoms. The highest BCUT2D eigenvalue weighted by molar-refractivity contribution is 7.97. The van der Waals surface area contributed by atoms with E-state index in [1.807, 2.05) is 12.1 Å². The zero-order chi connectivity index (χ0) is 8.39. The van der Waals surface area contributed by atoms with E-state index in [4.69, 9.17) is 5.84 Å². The van der Waals surface area contributed by atoms with Gasteiger partial charge in [0.1, 0.15) is 0 Å². The number of hydrazine groups is 1. The summed E-state index contributed by atoms with van der Waals surface area (Å²) < 4.78 is 1.72. The van der Waals surface area contributed by atoms with Crippen LogP contribution in [0, 0.1) is 0 Å². The zero-order valence-electron chi connectivity index (χ0n) is 6.60. The van der Waals surface area contributed by atoms with Crippen molar-refractivity contribution in [2.45, 2.75) is 4.90 Å². The van der Waals surface area contributed by atoms with Crippen molar-refractivity contribution in [2.75, 3.05) is 6.54 Å². The van der Waals surface area contributed by atoms with Crippen molar-refractivity contribution in [1.82, 2.24) is 4.41 Å². The van der Waals surface area contributed by atoms with Gasteiger partial charge in [-0.15, -0.1) is 0 Å². The Morgan fingerprint density at radius 2 is 2.17 bits per heavy atom. The summed E-state index contributed by atoms with van der Waals surface area (Å²) in [7, 11) is 0. The largest absolute Gasteiger partial charge is 0.258 e. The molecule has 0 unspecified atom stereocenters. The van der Waals surface area contributed by atoms with Crippen LogP contribution in [0.3, 0.4) is 0 Å². The van der Waals surface area contributed by atoms with Crippen molar-refractivity contribution in [3.8, 4) is 0 Å².